The van der Waals surface area contributed by atoms with Gasteiger partial charge in [0, 0.05) is 6.04 Å². The summed E-state index contributed by atoms with van der Waals surface area (Å²) in [5, 5.41) is 13.5. The maximum Gasteiger partial charge on any atom is 0.338 e. The topological polar surface area (TPSA) is 99.0 Å². The standard InChI is InChI=1S/C14H17N5O3/c1-3-10(2)16-13(20)8-22-14(21)11-5-4-6-12(7-11)19-9-15-17-18-19/h4-7,9-10H,3,8H2,1-2H3,(H,16,20). The Kier molecular flexibility index (Phi) is 5.18. The molecule has 1 aromatic carbocycles. The number of nitrogens with zero attached hydrogens (tertiary/aromatic N) is 4. The molecule has 0 bridgehead atoms. The number of hydrogen-bond donors (Lipinski definition) is 1. The van der Waals surface area contributed by atoms with E-state index in [1.165, 1.54) is 11.0 Å². The van der Waals surface area contributed by atoms with Crippen molar-refractivity contribution in [3.8, 4) is 5.69 Å². The zero-order chi connectivity index (χ0) is 15.9. The number of ether oxygens (including phenoxy) is 1. The highest BCUT2D eigenvalue weighted by atomic mass is 16.5. The summed E-state index contributed by atoms with van der Waals surface area (Å²) in [6.07, 6.45) is 2.23. The predicted molar refractivity (Wildman–Crippen MR) is 77.3 cm³/mol. The molecular formula is C14H17N5O3. The van der Waals surface area contributed by atoms with Gasteiger partial charge >= 0.3 is 5.97 Å². The van der Waals surface area contributed by atoms with Gasteiger partial charge in [-0.1, -0.05) is 13.0 Å². The summed E-state index contributed by atoms with van der Waals surface area (Å²) in [5.41, 5.74) is 0.952. The molecule has 0 saturated carbocycles. The average Bonchev–Trinajstić information content (AvgIpc) is 3.07. The summed E-state index contributed by atoms with van der Waals surface area (Å²) < 4.78 is 6.42. The molecule has 116 valence electrons. The van der Waals surface area contributed by atoms with Crippen molar-refractivity contribution in [3.05, 3.63) is 36.2 Å². The third-order valence-electron chi connectivity index (χ3n) is 3.05. The summed E-state index contributed by atoms with van der Waals surface area (Å²) in [5.74, 6) is -0.895. The number of hydrogen-bond acceptors (Lipinski definition) is 6. The minimum Gasteiger partial charge on any atom is -0.452 e. The van der Waals surface area contributed by atoms with Crippen LogP contribution in [0.2, 0.25) is 0 Å². The second-order valence-electron chi connectivity index (χ2n) is 4.76. The van der Waals surface area contributed by atoms with Crippen LogP contribution in [0, 0.1) is 0 Å². The minimum absolute atomic E-state index is 0.0503. The van der Waals surface area contributed by atoms with Crippen LogP contribution in [0.5, 0.6) is 0 Å². The van der Waals surface area contributed by atoms with Gasteiger partial charge in [0.1, 0.15) is 6.33 Å². The third-order valence-corrected chi connectivity index (χ3v) is 3.05. The summed E-state index contributed by atoms with van der Waals surface area (Å²) in [4.78, 5) is 23.5. The van der Waals surface area contributed by atoms with Crippen LogP contribution < -0.4 is 5.32 Å². The smallest absolute Gasteiger partial charge is 0.338 e. The second-order valence-corrected chi connectivity index (χ2v) is 4.76. The van der Waals surface area contributed by atoms with Crippen LogP contribution in [0.4, 0.5) is 0 Å². The normalized spacial score (nSPS) is 11.7. The number of rotatable bonds is 6. The Labute approximate surface area is 127 Å². The summed E-state index contributed by atoms with van der Waals surface area (Å²) in [6, 6.07) is 6.68. The first kappa shape index (κ1) is 15.6. The average molecular weight is 303 g/mol. The first-order valence-electron chi connectivity index (χ1n) is 6.90. The lowest BCUT2D eigenvalue weighted by atomic mass is 10.2. The van der Waals surface area contributed by atoms with Crippen LogP contribution in [0.1, 0.15) is 30.6 Å². The van der Waals surface area contributed by atoms with Gasteiger partial charge in [-0.05, 0) is 42.0 Å². The van der Waals surface area contributed by atoms with Gasteiger partial charge in [-0.3, -0.25) is 4.79 Å². The van der Waals surface area contributed by atoms with Gasteiger partial charge < -0.3 is 10.1 Å². The van der Waals surface area contributed by atoms with E-state index in [-0.39, 0.29) is 18.6 Å². The van der Waals surface area contributed by atoms with E-state index in [2.05, 4.69) is 20.8 Å². The first-order valence-corrected chi connectivity index (χ1v) is 6.90. The predicted octanol–water partition coefficient (Wildman–Crippen LogP) is 0.734. The maximum atomic E-state index is 12.0. The summed E-state index contributed by atoms with van der Waals surface area (Å²) >= 11 is 0. The fourth-order valence-electron chi connectivity index (χ4n) is 1.69. The molecule has 0 fully saturated rings. The van der Waals surface area contributed by atoms with Gasteiger partial charge in [-0.25, -0.2) is 9.48 Å². The van der Waals surface area contributed by atoms with Gasteiger partial charge in [-0.2, -0.15) is 0 Å². The molecule has 8 nitrogen and oxygen atoms in total. The SMILES string of the molecule is CCC(C)NC(=O)COC(=O)c1cccc(-n2cnnn2)c1. The van der Waals surface area contributed by atoms with E-state index in [4.69, 9.17) is 4.74 Å². The van der Waals surface area contributed by atoms with Crippen LogP contribution in [-0.4, -0.2) is 44.7 Å². The summed E-state index contributed by atoms with van der Waals surface area (Å²) in [7, 11) is 0. The Morgan fingerprint density at radius 3 is 2.91 bits per heavy atom. The number of aromatic nitrogens is 4. The highest BCUT2D eigenvalue weighted by Crippen LogP contribution is 2.09. The number of benzene rings is 1. The van der Waals surface area contributed by atoms with Crippen LogP contribution >= 0.6 is 0 Å². The van der Waals surface area contributed by atoms with Crippen molar-refractivity contribution in [2.45, 2.75) is 26.3 Å². The molecule has 0 saturated heterocycles. The molecule has 0 radical (unpaired) electrons. The second kappa shape index (κ2) is 7.30. The molecule has 2 rings (SSSR count). The quantitative estimate of drug-likeness (QED) is 0.790. The Bertz CT molecular complexity index is 642. The van der Waals surface area contributed by atoms with Crippen LogP contribution in [0.3, 0.4) is 0 Å². The molecule has 0 aliphatic rings. The zero-order valence-corrected chi connectivity index (χ0v) is 12.4. The molecule has 1 heterocycles. The first-order chi connectivity index (χ1) is 10.6. The van der Waals surface area contributed by atoms with Gasteiger partial charge in [0.25, 0.3) is 5.91 Å². The van der Waals surface area contributed by atoms with E-state index in [0.29, 0.717) is 11.3 Å². The van der Waals surface area contributed by atoms with Crippen molar-refractivity contribution in [1.29, 1.82) is 0 Å². The maximum absolute atomic E-state index is 12.0. The van der Waals surface area contributed by atoms with Crippen molar-refractivity contribution in [2.24, 2.45) is 0 Å². The van der Waals surface area contributed by atoms with E-state index >= 15 is 0 Å². The highest BCUT2D eigenvalue weighted by Gasteiger charge is 2.12. The molecule has 1 amide bonds. The van der Waals surface area contributed by atoms with Gasteiger partial charge in [0.15, 0.2) is 6.61 Å². The number of carbonyl (C=O) groups is 2. The summed E-state index contributed by atoms with van der Waals surface area (Å²) in [6.45, 7) is 3.54. The fraction of sp³-hybridized carbons (Fsp3) is 0.357. The number of amides is 1. The molecule has 22 heavy (non-hydrogen) atoms. The van der Waals surface area contributed by atoms with Crippen molar-refractivity contribution >= 4 is 11.9 Å². The molecule has 8 heteroatoms. The Morgan fingerprint density at radius 2 is 2.23 bits per heavy atom. The fourth-order valence-corrected chi connectivity index (χ4v) is 1.69. The number of carbonyl (C=O) groups excluding carboxylic acids is 2. The molecule has 1 atom stereocenters. The monoisotopic (exact) mass is 303 g/mol. The molecule has 0 aliphatic carbocycles. The number of nitrogens with one attached hydrogen (secondary N) is 1. The molecular weight excluding hydrogens is 286 g/mol. The molecule has 1 unspecified atom stereocenters. The van der Waals surface area contributed by atoms with Crippen molar-refractivity contribution < 1.29 is 14.3 Å². The Balaban J connectivity index is 1.96. The van der Waals surface area contributed by atoms with Crippen LogP contribution in [0.25, 0.3) is 5.69 Å². The third kappa shape index (κ3) is 4.11. The van der Waals surface area contributed by atoms with Crippen LogP contribution in [-0.2, 0) is 9.53 Å². The van der Waals surface area contributed by atoms with Gasteiger partial charge in [0.05, 0.1) is 11.3 Å². The van der Waals surface area contributed by atoms with Gasteiger partial charge in [0.2, 0.25) is 0 Å². The van der Waals surface area contributed by atoms with E-state index in [9.17, 15) is 9.59 Å². The highest BCUT2D eigenvalue weighted by molar-refractivity contribution is 5.91. The lowest BCUT2D eigenvalue weighted by Crippen LogP contribution is -2.35. The molecule has 1 N–H and O–H groups in total. The lowest BCUT2D eigenvalue weighted by molar-refractivity contribution is -0.124. The van der Waals surface area contributed by atoms with E-state index < -0.39 is 5.97 Å². The lowest BCUT2D eigenvalue weighted by Gasteiger charge is -2.11. The molecule has 2 aromatic rings. The van der Waals surface area contributed by atoms with Crippen molar-refractivity contribution in [3.63, 3.8) is 0 Å². The van der Waals surface area contributed by atoms with E-state index in [0.717, 1.165) is 6.42 Å². The Morgan fingerprint density at radius 1 is 1.41 bits per heavy atom. The molecule has 0 aliphatic heterocycles. The zero-order valence-electron chi connectivity index (χ0n) is 12.4. The minimum atomic E-state index is -0.575. The molecule has 0 spiro atoms. The van der Waals surface area contributed by atoms with E-state index in [1.807, 2.05) is 13.8 Å². The number of tetrazole rings is 1. The van der Waals surface area contributed by atoms with E-state index in [1.54, 1.807) is 24.3 Å². The Hall–Kier alpha value is -2.77. The van der Waals surface area contributed by atoms with Crippen LogP contribution in [0.15, 0.2) is 30.6 Å². The number of esters is 1. The molecule has 1 aromatic heterocycles. The van der Waals surface area contributed by atoms with Gasteiger partial charge in [-0.15, -0.1) is 5.10 Å². The van der Waals surface area contributed by atoms with Crippen molar-refractivity contribution in [1.82, 2.24) is 25.5 Å². The largest absolute Gasteiger partial charge is 0.452 e. The van der Waals surface area contributed by atoms with Crippen molar-refractivity contribution in [2.75, 3.05) is 6.61 Å².